The van der Waals surface area contributed by atoms with Gasteiger partial charge in [-0.25, -0.2) is 19.0 Å². The SMILES string of the molecule is CCn1c(C2(NC(=O)OCc3ccccc3)CCC(F)(CO)CC2)nc(C(=O)O)c(O)c1=O. The van der Waals surface area contributed by atoms with Gasteiger partial charge in [0.05, 0.1) is 6.61 Å². The molecule has 3 rings (SSSR count). The fourth-order valence-electron chi connectivity index (χ4n) is 3.99. The highest BCUT2D eigenvalue weighted by Gasteiger charge is 2.48. The number of hydrogen-bond acceptors (Lipinski definition) is 7. The number of aliphatic hydroxyl groups is 1. The molecule has 33 heavy (non-hydrogen) atoms. The Kier molecular flexibility index (Phi) is 7.01. The van der Waals surface area contributed by atoms with Crippen LogP contribution in [0.4, 0.5) is 9.18 Å². The second-order valence-electron chi connectivity index (χ2n) is 8.07. The average molecular weight is 463 g/mol. The Morgan fingerprint density at radius 3 is 2.39 bits per heavy atom. The Labute approximate surface area is 188 Å². The molecule has 1 aliphatic rings. The third kappa shape index (κ3) is 4.98. The zero-order valence-corrected chi connectivity index (χ0v) is 18.1. The van der Waals surface area contributed by atoms with Crippen LogP contribution >= 0.6 is 0 Å². The Balaban J connectivity index is 2.01. The zero-order valence-electron chi connectivity index (χ0n) is 18.1. The van der Waals surface area contributed by atoms with E-state index in [0.29, 0.717) is 0 Å². The number of nitrogens with one attached hydrogen (secondary N) is 1. The summed E-state index contributed by atoms with van der Waals surface area (Å²) < 4.78 is 21.1. The van der Waals surface area contributed by atoms with Crippen molar-refractivity contribution in [2.45, 2.75) is 57.0 Å². The predicted molar refractivity (Wildman–Crippen MR) is 114 cm³/mol. The third-order valence-electron chi connectivity index (χ3n) is 5.93. The van der Waals surface area contributed by atoms with Gasteiger partial charge >= 0.3 is 12.1 Å². The number of carbonyl (C=O) groups excluding carboxylic acids is 1. The molecule has 10 nitrogen and oxygen atoms in total. The summed E-state index contributed by atoms with van der Waals surface area (Å²) in [7, 11) is 0. The smallest absolute Gasteiger partial charge is 0.408 e. The van der Waals surface area contributed by atoms with Gasteiger partial charge in [0.25, 0.3) is 5.56 Å². The van der Waals surface area contributed by atoms with Crippen LogP contribution in [0.2, 0.25) is 0 Å². The molecule has 0 bridgehead atoms. The number of benzene rings is 1. The number of aromatic hydroxyl groups is 1. The number of aromatic nitrogens is 2. The second kappa shape index (κ2) is 9.57. The quantitative estimate of drug-likeness (QED) is 0.487. The minimum Gasteiger partial charge on any atom is -0.501 e. The maximum Gasteiger partial charge on any atom is 0.408 e. The Bertz CT molecular complexity index is 1080. The molecule has 0 radical (unpaired) electrons. The van der Waals surface area contributed by atoms with Crippen molar-refractivity contribution in [1.29, 1.82) is 0 Å². The summed E-state index contributed by atoms with van der Waals surface area (Å²) in [4.78, 5) is 40.9. The van der Waals surface area contributed by atoms with Crippen LogP contribution in [0.1, 0.15) is 54.5 Å². The molecule has 1 amide bonds. The first-order valence-electron chi connectivity index (χ1n) is 10.5. The molecule has 1 aromatic carbocycles. The lowest BCUT2D eigenvalue weighted by atomic mass is 9.74. The summed E-state index contributed by atoms with van der Waals surface area (Å²) in [5, 5.41) is 31.5. The number of carbonyl (C=O) groups is 2. The molecule has 1 aliphatic carbocycles. The Morgan fingerprint density at radius 2 is 1.85 bits per heavy atom. The summed E-state index contributed by atoms with van der Waals surface area (Å²) in [6.45, 7) is 0.837. The summed E-state index contributed by atoms with van der Waals surface area (Å²) in [5.41, 5.74) is -4.46. The lowest BCUT2D eigenvalue weighted by Gasteiger charge is -2.42. The molecule has 0 unspecified atom stereocenters. The number of nitrogens with zero attached hydrogens (tertiary/aromatic N) is 2. The molecule has 2 aromatic rings. The van der Waals surface area contributed by atoms with Crippen molar-refractivity contribution in [2.75, 3.05) is 6.61 Å². The average Bonchev–Trinajstić information content (AvgIpc) is 2.81. The molecule has 11 heteroatoms. The first-order valence-corrected chi connectivity index (χ1v) is 10.5. The maximum absolute atomic E-state index is 14.8. The van der Waals surface area contributed by atoms with Gasteiger partial charge in [-0.1, -0.05) is 30.3 Å². The van der Waals surface area contributed by atoms with E-state index in [4.69, 9.17) is 4.74 Å². The number of halogens is 1. The number of ether oxygens (including phenoxy) is 1. The standard InChI is InChI=1S/C22H26FN3O7/c1-2-26-17(29)16(28)15(18(30)31)24-19(26)22(10-8-21(23,13-27)9-11-22)25-20(32)33-12-14-6-4-3-5-7-14/h3-7,27-28H,2,8-13H2,1H3,(H,25,32)(H,30,31). The van der Waals surface area contributed by atoms with Crippen molar-refractivity contribution in [3.05, 3.63) is 57.8 Å². The largest absolute Gasteiger partial charge is 0.501 e. The lowest BCUT2D eigenvalue weighted by molar-refractivity contribution is 0.00357. The van der Waals surface area contributed by atoms with Gasteiger partial charge in [-0.05, 0) is 38.2 Å². The van der Waals surface area contributed by atoms with Crippen LogP contribution in [0.25, 0.3) is 0 Å². The molecule has 1 heterocycles. The van der Waals surface area contributed by atoms with Gasteiger partial charge < -0.3 is 25.4 Å². The fraction of sp³-hybridized carbons (Fsp3) is 0.455. The van der Waals surface area contributed by atoms with Crippen molar-refractivity contribution in [3.8, 4) is 5.75 Å². The number of alkyl halides is 1. The van der Waals surface area contributed by atoms with Crippen LogP contribution < -0.4 is 10.9 Å². The van der Waals surface area contributed by atoms with E-state index in [1.165, 1.54) is 0 Å². The molecule has 1 aromatic heterocycles. The number of amides is 1. The number of carboxylic acid groups (broad SMARTS) is 1. The highest BCUT2D eigenvalue weighted by atomic mass is 19.1. The third-order valence-corrected chi connectivity index (χ3v) is 5.93. The fourth-order valence-corrected chi connectivity index (χ4v) is 3.99. The van der Waals surface area contributed by atoms with Crippen molar-refractivity contribution in [2.24, 2.45) is 0 Å². The second-order valence-corrected chi connectivity index (χ2v) is 8.07. The predicted octanol–water partition coefficient (Wildman–Crippen LogP) is 2.06. The van der Waals surface area contributed by atoms with Crippen LogP contribution in [0.15, 0.2) is 35.1 Å². The summed E-state index contributed by atoms with van der Waals surface area (Å²) >= 11 is 0. The van der Waals surface area contributed by atoms with E-state index in [9.17, 15) is 34.1 Å². The van der Waals surface area contributed by atoms with E-state index >= 15 is 0 Å². The molecule has 0 atom stereocenters. The van der Waals surface area contributed by atoms with Gasteiger partial charge in [0, 0.05) is 6.54 Å². The Morgan fingerprint density at radius 1 is 1.21 bits per heavy atom. The molecule has 0 spiro atoms. The van der Waals surface area contributed by atoms with Gasteiger partial charge in [-0.15, -0.1) is 0 Å². The molecule has 0 saturated heterocycles. The first-order chi connectivity index (χ1) is 15.6. The van der Waals surface area contributed by atoms with Gasteiger partial charge in [0.15, 0.2) is 5.69 Å². The van der Waals surface area contributed by atoms with Gasteiger partial charge in [-0.3, -0.25) is 9.36 Å². The molecule has 4 N–H and O–H groups in total. The van der Waals surface area contributed by atoms with Gasteiger partial charge in [-0.2, -0.15) is 0 Å². The van der Waals surface area contributed by atoms with Crippen LogP contribution in [-0.4, -0.2) is 49.2 Å². The number of carboxylic acids is 1. The molecule has 0 aliphatic heterocycles. The van der Waals surface area contributed by atoms with Crippen LogP contribution in [0.5, 0.6) is 5.75 Å². The van der Waals surface area contributed by atoms with Gasteiger partial charge in [0.1, 0.15) is 23.6 Å². The van der Waals surface area contributed by atoms with E-state index in [0.717, 1.165) is 10.1 Å². The Hall–Kier alpha value is -3.47. The minimum atomic E-state index is -1.89. The lowest BCUT2D eigenvalue weighted by Crippen LogP contribution is -2.54. The van der Waals surface area contributed by atoms with Crippen LogP contribution in [0, 0.1) is 0 Å². The summed E-state index contributed by atoms with van der Waals surface area (Å²) in [5.74, 6) is -2.77. The van der Waals surface area contributed by atoms with E-state index < -0.39 is 46.9 Å². The van der Waals surface area contributed by atoms with Crippen molar-refractivity contribution in [3.63, 3.8) is 0 Å². The maximum atomic E-state index is 14.8. The zero-order chi connectivity index (χ0) is 24.2. The van der Waals surface area contributed by atoms with Gasteiger partial charge in [0.2, 0.25) is 5.75 Å². The normalized spacial score (nSPS) is 22.5. The van der Waals surface area contributed by atoms with E-state index in [2.05, 4.69) is 10.3 Å². The number of aliphatic hydroxyl groups excluding tert-OH is 1. The highest BCUT2D eigenvalue weighted by Crippen LogP contribution is 2.42. The molecule has 178 valence electrons. The topological polar surface area (TPSA) is 151 Å². The molecule has 1 fully saturated rings. The molecular formula is C22H26FN3O7. The van der Waals surface area contributed by atoms with E-state index in [1.54, 1.807) is 31.2 Å². The summed E-state index contributed by atoms with van der Waals surface area (Å²) in [6, 6.07) is 8.90. The van der Waals surface area contributed by atoms with Crippen molar-refractivity contribution in [1.82, 2.24) is 14.9 Å². The number of alkyl carbamates (subject to hydrolysis) is 1. The van der Waals surface area contributed by atoms with Crippen molar-refractivity contribution >= 4 is 12.1 Å². The highest BCUT2D eigenvalue weighted by molar-refractivity contribution is 5.88. The first kappa shape index (κ1) is 24.2. The monoisotopic (exact) mass is 463 g/mol. The summed E-state index contributed by atoms with van der Waals surface area (Å²) in [6.07, 6.45) is -1.38. The van der Waals surface area contributed by atoms with E-state index in [-0.39, 0.29) is 44.7 Å². The minimum absolute atomic E-state index is 0.0118. The number of rotatable bonds is 7. The van der Waals surface area contributed by atoms with Crippen molar-refractivity contribution < 1.29 is 34.0 Å². The number of hydrogen-bond donors (Lipinski definition) is 4. The molecular weight excluding hydrogens is 437 g/mol. The molecule has 1 saturated carbocycles. The van der Waals surface area contributed by atoms with E-state index in [1.807, 2.05) is 6.07 Å². The van der Waals surface area contributed by atoms with Crippen LogP contribution in [-0.2, 0) is 23.4 Å². The van der Waals surface area contributed by atoms with Crippen LogP contribution in [0.3, 0.4) is 0 Å². The number of aromatic carboxylic acids is 1.